The lowest BCUT2D eigenvalue weighted by Crippen LogP contribution is -2.15. The molecule has 0 radical (unpaired) electrons. The molecule has 0 spiro atoms. The van der Waals surface area contributed by atoms with Crippen molar-refractivity contribution in [3.8, 4) is 0 Å². The third-order valence-corrected chi connectivity index (χ3v) is 3.16. The maximum Gasteiger partial charge on any atom is 0.417 e. The van der Waals surface area contributed by atoms with E-state index < -0.39 is 23.6 Å². The molecule has 2 aromatic rings. The van der Waals surface area contributed by atoms with E-state index in [0.29, 0.717) is 6.20 Å². The molecule has 25 heavy (non-hydrogen) atoms. The molecule has 0 fully saturated rings. The average Bonchev–Trinajstić information content (AvgIpc) is 2.59. The number of rotatable bonds is 6. The van der Waals surface area contributed by atoms with Crippen LogP contribution in [0.3, 0.4) is 0 Å². The van der Waals surface area contributed by atoms with Gasteiger partial charge >= 0.3 is 12.1 Å². The Morgan fingerprint density at radius 1 is 1.04 bits per heavy atom. The summed E-state index contributed by atoms with van der Waals surface area (Å²) in [5.41, 5.74) is -0.0794. The van der Waals surface area contributed by atoms with Crippen LogP contribution < -0.4 is 5.32 Å². The Kier molecular flexibility index (Phi) is 6.10. The molecule has 1 heterocycles. The topological polar surface area (TPSA) is 68.3 Å². The molecule has 0 aliphatic rings. The lowest BCUT2D eigenvalue weighted by molar-refractivity contribution is -0.146. The van der Waals surface area contributed by atoms with Crippen LogP contribution in [-0.4, -0.2) is 16.9 Å². The van der Waals surface area contributed by atoms with Crippen LogP contribution in [0.5, 0.6) is 0 Å². The van der Waals surface area contributed by atoms with Gasteiger partial charge in [0.15, 0.2) is 0 Å². The Hall–Kier alpha value is -2.90. The number of halogens is 3. The van der Waals surface area contributed by atoms with E-state index in [9.17, 15) is 22.8 Å². The van der Waals surface area contributed by atoms with Crippen molar-refractivity contribution in [1.82, 2.24) is 4.98 Å². The minimum absolute atomic E-state index is 0.0179. The molecule has 1 N–H and O–H groups in total. The molecule has 0 bridgehead atoms. The average molecular weight is 352 g/mol. The molecule has 1 aromatic heterocycles. The third kappa shape index (κ3) is 6.25. The highest BCUT2D eigenvalue weighted by atomic mass is 19.4. The Balaban J connectivity index is 1.74. The van der Waals surface area contributed by atoms with Crippen LogP contribution in [-0.2, 0) is 27.1 Å². The first-order chi connectivity index (χ1) is 11.8. The van der Waals surface area contributed by atoms with Crippen LogP contribution in [0.25, 0.3) is 0 Å². The number of esters is 1. The summed E-state index contributed by atoms with van der Waals surface area (Å²) in [6.45, 7) is 0.113. The third-order valence-electron chi connectivity index (χ3n) is 3.16. The number of anilines is 1. The molecule has 1 aromatic carbocycles. The van der Waals surface area contributed by atoms with Crippen LogP contribution in [0.1, 0.15) is 24.0 Å². The second-order valence-corrected chi connectivity index (χ2v) is 5.12. The molecule has 0 saturated heterocycles. The number of amides is 1. The number of aromatic nitrogens is 1. The summed E-state index contributed by atoms with van der Waals surface area (Å²) in [5, 5.41) is 2.32. The minimum Gasteiger partial charge on any atom is -0.461 e. The second kappa shape index (κ2) is 8.27. The quantitative estimate of drug-likeness (QED) is 0.807. The lowest BCUT2D eigenvalue weighted by Gasteiger charge is -2.08. The molecule has 0 unspecified atom stereocenters. The summed E-state index contributed by atoms with van der Waals surface area (Å²) < 4.78 is 42.2. The van der Waals surface area contributed by atoms with E-state index in [1.807, 2.05) is 18.2 Å². The van der Waals surface area contributed by atoms with Gasteiger partial charge in [0.25, 0.3) is 0 Å². The molecular weight excluding hydrogens is 337 g/mol. The van der Waals surface area contributed by atoms with Crippen LogP contribution in [0.2, 0.25) is 0 Å². The van der Waals surface area contributed by atoms with E-state index in [-0.39, 0.29) is 25.3 Å². The summed E-state index contributed by atoms with van der Waals surface area (Å²) in [7, 11) is 0. The van der Waals surface area contributed by atoms with Gasteiger partial charge in [-0.25, -0.2) is 4.98 Å². The van der Waals surface area contributed by atoms with Crippen molar-refractivity contribution in [1.29, 1.82) is 0 Å². The van der Waals surface area contributed by atoms with Crippen molar-refractivity contribution in [2.45, 2.75) is 25.6 Å². The van der Waals surface area contributed by atoms with Gasteiger partial charge in [-0.2, -0.15) is 13.2 Å². The highest BCUT2D eigenvalue weighted by molar-refractivity contribution is 5.91. The van der Waals surface area contributed by atoms with E-state index in [0.717, 1.165) is 17.7 Å². The largest absolute Gasteiger partial charge is 0.461 e. The summed E-state index contributed by atoms with van der Waals surface area (Å²) >= 11 is 0. The Morgan fingerprint density at radius 2 is 1.76 bits per heavy atom. The molecule has 0 saturated carbocycles. The number of pyridine rings is 1. The zero-order valence-corrected chi connectivity index (χ0v) is 13.0. The van der Waals surface area contributed by atoms with Gasteiger partial charge in [-0.05, 0) is 17.7 Å². The molecule has 132 valence electrons. The van der Waals surface area contributed by atoms with Crippen molar-refractivity contribution in [3.63, 3.8) is 0 Å². The monoisotopic (exact) mass is 352 g/mol. The van der Waals surface area contributed by atoms with Crippen molar-refractivity contribution < 1.29 is 27.5 Å². The fourth-order valence-electron chi connectivity index (χ4n) is 1.87. The van der Waals surface area contributed by atoms with Crippen molar-refractivity contribution in [3.05, 3.63) is 59.8 Å². The lowest BCUT2D eigenvalue weighted by atomic mass is 10.2. The van der Waals surface area contributed by atoms with Crippen LogP contribution in [0, 0.1) is 0 Å². The highest BCUT2D eigenvalue weighted by Crippen LogP contribution is 2.28. The van der Waals surface area contributed by atoms with Crippen LogP contribution in [0.4, 0.5) is 19.0 Å². The maximum absolute atomic E-state index is 12.4. The first-order valence-electron chi connectivity index (χ1n) is 7.37. The molecular formula is C17H15F3N2O3. The number of alkyl halides is 3. The molecule has 0 aliphatic heterocycles. The Labute approximate surface area is 141 Å². The normalized spacial score (nSPS) is 11.0. The highest BCUT2D eigenvalue weighted by Gasteiger charge is 2.30. The van der Waals surface area contributed by atoms with E-state index >= 15 is 0 Å². The van der Waals surface area contributed by atoms with E-state index in [1.165, 1.54) is 0 Å². The fraction of sp³-hybridized carbons (Fsp3) is 0.235. The fourth-order valence-corrected chi connectivity index (χ4v) is 1.87. The SMILES string of the molecule is O=C(CCC(=O)OCc1ccccc1)Nc1ccc(C(F)(F)F)cn1. The van der Waals surface area contributed by atoms with Crippen molar-refractivity contribution in [2.24, 2.45) is 0 Å². The number of carbonyl (C=O) groups is 2. The number of ether oxygens (including phenoxy) is 1. The zero-order valence-electron chi connectivity index (χ0n) is 13.0. The molecule has 5 nitrogen and oxygen atoms in total. The predicted molar refractivity (Wildman–Crippen MR) is 83.3 cm³/mol. The van der Waals surface area contributed by atoms with Gasteiger partial charge in [-0.1, -0.05) is 30.3 Å². The number of nitrogens with zero attached hydrogens (tertiary/aromatic N) is 1. The summed E-state index contributed by atoms with van der Waals surface area (Å²) in [5.74, 6) is -1.10. The van der Waals surface area contributed by atoms with Gasteiger partial charge in [0.05, 0.1) is 12.0 Å². The second-order valence-electron chi connectivity index (χ2n) is 5.12. The maximum atomic E-state index is 12.4. The van der Waals surface area contributed by atoms with Gasteiger partial charge < -0.3 is 10.1 Å². The number of carbonyl (C=O) groups excluding carboxylic acids is 2. The zero-order chi connectivity index (χ0) is 18.3. The van der Waals surface area contributed by atoms with Crippen LogP contribution in [0.15, 0.2) is 48.7 Å². The molecule has 2 rings (SSSR count). The van der Waals surface area contributed by atoms with E-state index in [4.69, 9.17) is 4.74 Å². The first-order valence-corrected chi connectivity index (χ1v) is 7.37. The molecule has 1 amide bonds. The van der Waals surface area contributed by atoms with E-state index in [1.54, 1.807) is 12.1 Å². The Bertz CT molecular complexity index is 716. The molecule has 0 aliphatic carbocycles. The predicted octanol–water partition coefficient (Wildman–Crippen LogP) is 3.56. The number of nitrogens with one attached hydrogen (secondary N) is 1. The van der Waals surface area contributed by atoms with Crippen molar-refractivity contribution in [2.75, 3.05) is 5.32 Å². The number of hydrogen-bond donors (Lipinski definition) is 1. The van der Waals surface area contributed by atoms with Crippen LogP contribution >= 0.6 is 0 Å². The van der Waals surface area contributed by atoms with Gasteiger partial charge in [0.1, 0.15) is 12.4 Å². The standard InChI is InChI=1S/C17H15F3N2O3/c18-17(19,20)13-6-7-14(21-10-13)22-15(23)8-9-16(24)25-11-12-4-2-1-3-5-12/h1-7,10H,8-9,11H2,(H,21,22,23). The first kappa shape index (κ1) is 18.4. The van der Waals surface area contributed by atoms with Crippen molar-refractivity contribution >= 4 is 17.7 Å². The number of hydrogen-bond acceptors (Lipinski definition) is 4. The summed E-state index contributed by atoms with van der Waals surface area (Å²) in [6.07, 6.45) is -4.16. The van der Waals surface area contributed by atoms with Gasteiger partial charge in [-0.15, -0.1) is 0 Å². The smallest absolute Gasteiger partial charge is 0.417 e. The summed E-state index contributed by atoms with van der Waals surface area (Å²) in [6, 6.07) is 10.9. The minimum atomic E-state index is -4.49. The van der Waals surface area contributed by atoms with Gasteiger partial charge in [-0.3, -0.25) is 9.59 Å². The van der Waals surface area contributed by atoms with Gasteiger partial charge in [0, 0.05) is 12.6 Å². The number of benzene rings is 1. The summed E-state index contributed by atoms with van der Waals surface area (Å²) in [4.78, 5) is 26.8. The van der Waals surface area contributed by atoms with Gasteiger partial charge in [0.2, 0.25) is 5.91 Å². The molecule has 0 atom stereocenters. The van der Waals surface area contributed by atoms with E-state index in [2.05, 4.69) is 10.3 Å². The molecule has 8 heteroatoms. The Morgan fingerprint density at radius 3 is 2.36 bits per heavy atom.